The summed E-state index contributed by atoms with van der Waals surface area (Å²) >= 11 is 0. The molecular formula is C15H13F2N3. The Bertz CT molecular complexity index is 822. The summed E-state index contributed by atoms with van der Waals surface area (Å²) in [7, 11) is 0. The van der Waals surface area contributed by atoms with E-state index in [0.717, 1.165) is 22.9 Å². The second-order valence-corrected chi connectivity index (χ2v) is 4.78. The van der Waals surface area contributed by atoms with E-state index in [9.17, 15) is 8.78 Å². The lowest BCUT2D eigenvalue weighted by atomic mass is 10.1. The van der Waals surface area contributed by atoms with Gasteiger partial charge in [-0.15, -0.1) is 0 Å². The molecule has 0 saturated carbocycles. The Labute approximate surface area is 114 Å². The molecule has 0 bridgehead atoms. The summed E-state index contributed by atoms with van der Waals surface area (Å²) in [4.78, 5) is 4.00. The molecule has 0 radical (unpaired) electrons. The maximum absolute atomic E-state index is 13.8. The van der Waals surface area contributed by atoms with Crippen molar-refractivity contribution >= 4 is 17.0 Å². The fourth-order valence-corrected chi connectivity index (χ4v) is 2.35. The number of halogens is 2. The van der Waals surface area contributed by atoms with Crippen LogP contribution in [0.5, 0.6) is 0 Å². The summed E-state index contributed by atoms with van der Waals surface area (Å²) in [5.74, 6) is -1.23. The van der Waals surface area contributed by atoms with Crippen molar-refractivity contribution in [3.05, 3.63) is 53.1 Å². The number of imidazole rings is 1. The fraction of sp³-hybridized carbons (Fsp3) is 0.133. The van der Waals surface area contributed by atoms with E-state index in [2.05, 4.69) is 4.98 Å². The largest absolute Gasteiger partial charge is 0.369 e. The van der Waals surface area contributed by atoms with Gasteiger partial charge in [0, 0.05) is 12.1 Å². The van der Waals surface area contributed by atoms with E-state index >= 15 is 0 Å². The Hall–Kier alpha value is -2.43. The van der Waals surface area contributed by atoms with Crippen LogP contribution in [0.1, 0.15) is 11.1 Å². The van der Waals surface area contributed by atoms with Gasteiger partial charge in [0.05, 0.1) is 11.2 Å². The number of nitrogen functional groups attached to an aromatic ring is 1. The molecule has 2 aromatic carbocycles. The van der Waals surface area contributed by atoms with E-state index in [-0.39, 0.29) is 11.5 Å². The summed E-state index contributed by atoms with van der Waals surface area (Å²) in [6.07, 6.45) is 0. The third-order valence-corrected chi connectivity index (χ3v) is 3.52. The molecular weight excluding hydrogens is 260 g/mol. The van der Waals surface area contributed by atoms with Crippen molar-refractivity contribution in [2.24, 2.45) is 0 Å². The van der Waals surface area contributed by atoms with Gasteiger partial charge in [0.1, 0.15) is 11.3 Å². The van der Waals surface area contributed by atoms with Crippen molar-refractivity contribution in [1.82, 2.24) is 9.55 Å². The van der Waals surface area contributed by atoms with Gasteiger partial charge in [-0.25, -0.2) is 13.8 Å². The molecule has 0 unspecified atom stereocenters. The van der Waals surface area contributed by atoms with Crippen LogP contribution in [-0.4, -0.2) is 9.55 Å². The van der Waals surface area contributed by atoms with Crippen LogP contribution in [0.3, 0.4) is 0 Å². The van der Waals surface area contributed by atoms with Gasteiger partial charge in [0.2, 0.25) is 5.95 Å². The molecule has 0 saturated heterocycles. The number of benzene rings is 2. The molecule has 3 rings (SSSR count). The molecule has 1 heterocycles. The lowest BCUT2D eigenvalue weighted by molar-refractivity contribution is 0.590. The molecule has 0 aliphatic carbocycles. The van der Waals surface area contributed by atoms with E-state index in [1.54, 1.807) is 4.57 Å². The van der Waals surface area contributed by atoms with Crippen molar-refractivity contribution in [2.75, 3.05) is 5.73 Å². The highest BCUT2D eigenvalue weighted by Crippen LogP contribution is 2.28. The summed E-state index contributed by atoms with van der Waals surface area (Å²) in [5.41, 5.74) is 9.12. The zero-order valence-corrected chi connectivity index (χ0v) is 11.1. The third-order valence-electron chi connectivity index (χ3n) is 3.52. The van der Waals surface area contributed by atoms with Gasteiger partial charge in [-0.05, 0) is 31.0 Å². The molecule has 0 atom stereocenters. The van der Waals surface area contributed by atoms with E-state index < -0.39 is 11.6 Å². The first-order chi connectivity index (χ1) is 9.49. The van der Waals surface area contributed by atoms with Crippen LogP contribution in [0.15, 0.2) is 30.3 Å². The van der Waals surface area contributed by atoms with Crippen molar-refractivity contribution < 1.29 is 8.78 Å². The first-order valence-corrected chi connectivity index (χ1v) is 6.18. The number of fused-ring (bicyclic) bond motifs is 1. The Morgan fingerprint density at radius 3 is 2.65 bits per heavy atom. The third kappa shape index (κ3) is 1.74. The number of nitrogens with zero attached hydrogens (tertiary/aromatic N) is 2. The van der Waals surface area contributed by atoms with E-state index in [1.165, 1.54) is 6.07 Å². The van der Waals surface area contributed by atoms with Gasteiger partial charge in [0.25, 0.3) is 0 Å². The average molecular weight is 273 g/mol. The molecule has 3 aromatic rings. The molecule has 1 aromatic heterocycles. The number of hydrogen-bond donors (Lipinski definition) is 1. The van der Waals surface area contributed by atoms with Gasteiger partial charge in [-0.3, -0.25) is 4.57 Å². The molecule has 0 spiro atoms. The van der Waals surface area contributed by atoms with Gasteiger partial charge in [-0.2, -0.15) is 0 Å². The van der Waals surface area contributed by atoms with Crippen molar-refractivity contribution in [3.63, 3.8) is 0 Å². The van der Waals surface area contributed by atoms with Crippen LogP contribution in [0.25, 0.3) is 16.7 Å². The molecule has 2 N–H and O–H groups in total. The van der Waals surface area contributed by atoms with Crippen LogP contribution >= 0.6 is 0 Å². The van der Waals surface area contributed by atoms with Crippen LogP contribution in [0, 0.1) is 25.5 Å². The number of aromatic nitrogens is 2. The van der Waals surface area contributed by atoms with E-state index in [4.69, 9.17) is 5.73 Å². The average Bonchev–Trinajstić information content (AvgIpc) is 2.70. The lowest BCUT2D eigenvalue weighted by Crippen LogP contribution is -2.03. The molecule has 5 heteroatoms. The summed E-state index contributed by atoms with van der Waals surface area (Å²) < 4.78 is 28.8. The summed E-state index contributed by atoms with van der Waals surface area (Å²) in [6.45, 7) is 3.90. The van der Waals surface area contributed by atoms with Crippen LogP contribution in [0.4, 0.5) is 14.7 Å². The number of nitrogens with two attached hydrogens (primary N) is 1. The molecule has 0 aliphatic heterocycles. The quantitative estimate of drug-likeness (QED) is 0.737. The van der Waals surface area contributed by atoms with E-state index in [0.29, 0.717) is 5.52 Å². The second-order valence-electron chi connectivity index (χ2n) is 4.78. The Morgan fingerprint density at radius 1 is 1.15 bits per heavy atom. The number of hydrogen-bond acceptors (Lipinski definition) is 2. The van der Waals surface area contributed by atoms with Crippen LogP contribution in [-0.2, 0) is 0 Å². The van der Waals surface area contributed by atoms with Gasteiger partial charge >= 0.3 is 0 Å². The van der Waals surface area contributed by atoms with Gasteiger partial charge in [0.15, 0.2) is 5.82 Å². The minimum atomic E-state index is -0.712. The molecule has 3 nitrogen and oxygen atoms in total. The zero-order chi connectivity index (χ0) is 14.4. The first-order valence-electron chi connectivity index (χ1n) is 6.18. The Balaban J connectivity index is 2.42. The van der Waals surface area contributed by atoms with E-state index in [1.807, 2.05) is 32.0 Å². The number of aryl methyl sites for hydroxylation is 1. The number of rotatable bonds is 1. The minimum absolute atomic E-state index is 0.0739. The highest BCUT2D eigenvalue weighted by Gasteiger charge is 2.16. The highest BCUT2D eigenvalue weighted by atomic mass is 19.1. The summed E-state index contributed by atoms with van der Waals surface area (Å²) in [5, 5.41) is 0. The van der Waals surface area contributed by atoms with Crippen LogP contribution < -0.4 is 5.73 Å². The molecule has 0 amide bonds. The SMILES string of the molecule is Cc1cccc(-n2c(N)nc3c(F)cc(F)cc32)c1C. The molecule has 0 aliphatic rings. The van der Waals surface area contributed by atoms with Crippen molar-refractivity contribution in [1.29, 1.82) is 0 Å². The smallest absolute Gasteiger partial charge is 0.206 e. The van der Waals surface area contributed by atoms with Crippen molar-refractivity contribution in [3.8, 4) is 5.69 Å². The normalized spacial score (nSPS) is 11.2. The molecule has 102 valence electrons. The summed E-state index contributed by atoms with van der Waals surface area (Å²) in [6, 6.07) is 7.74. The predicted octanol–water partition coefficient (Wildman–Crippen LogP) is 3.50. The lowest BCUT2D eigenvalue weighted by Gasteiger charge is -2.12. The van der Waals surface area contributed by atoms with Crippen molar-refractivity contribution in [2.45, 2.75) is 13.8 Å². The van der Waals surface area contributed by atoms with Gasteiger partial charge in [-0.1, -0.05) is 12.1 Å². The predicted molar refractivity (Wildman–Crippen MR) is 74.9 cm³/mol. The number of anilines is 1. The topological polar surface area (TPSA) is 43.8 Å². The Kier molecular flexibility index (Phi) is 2.71. The second kappa shape index (κ2) is 4.30. The van der Waals surface area contributed by atoms with Crippen LogP contribution in [0.2, 0.25) is 0 Å². The molecule has 20 heavy (non-hydrogen) atoms. The monoisotopic (exact) mass is 273 g/mol. The minimum Gasteiger partial charge on any atom is -0.369 e. The van der Waals surface area contributed by atoms with Gasteiger partial charge < -0.3 is 5.73 Å². The molecule has 0 fully saturated rings. The maximum atomic E-state index is 13.8. The zero-order valence-electron chi connectivity index (χ0n) is 11.1. The maximum Gasteiger partial charge on any atom is 0.206 e. The highest BCUT2D eigenvalue weighted by molar-refractivity contribution is 5.82. The standard InChI is InChI=1S/C15H13F2N3/c1-8-4-3-5-12(9(8)2)20-13-7-10(16)6-11(17)14(13)19-15(20)18/h3-7H,1-2H3,(H2,18,19). The fourth-order valence-electron chi connectivity index (χ4n) is 2.35. The first kappa shape index (κ1) is 12.6. The Morgan fingerprint density at radius 2 is 1.90 bits per heavy atom.